The van der Waals surface area contributed by atoms with Gasteiger partial charge < -0.3 is 4.57 Å². The zero-order valence-corrected chi connectivity index (χ0v) is 14.0. The van der Waals surface area contributed by atoms with Crippen molar-refractivity contribution in [3.05, 3.63) is 45.8 Å². The van der Waals surface area contributed by atoms with Gasteiger partial charge in [-0.15, -0.1) is 10.2 Å². The maximum atomic E-state index is 12.1. The molecule has 0 unspecified atom stereocenters. The molecule has 0 aliphatic rings. The number of ketones is 1. The van der Waals surface area contributed by atoms with Gasteiger partial charge >= 0.3 is 0 Å². The van der Waals surface area contributed by atoms with E-state index in [9.17, 15) is 14.9 Å². The number of nitro benzene ring substituents is 1. The van der Waals surface area contributed by atoms with Gasteiger partial charge in [-0.1, -0.05) is 25.6 Å². The Balaban J connectivity index is 1.99. The molecule has 2 aromatic rings. The lowest BCUT2D eigenvalue weighted by Gasteiger charge is -2.05. The largest absolute Gasteiger partial charge is 0.309 e. The average molecular weight is 334 g/mol. The van der Waals surface area contributed by atoms with E-state index in [1.165, 1.54) is 36.0 Å². The van der Waals surface area contributed by atoms with Crippen LogP contribution in [0.15, 0.2) is 29.4 Å². The first kappa shape index (κ1) is 17.1. The van der Waals surface area contributed by atoms with E-state index in [4.69, 9.17) is 0 Å². The molecule has 0 saturated carbocycles. The van der Waals surface area contributed by atoms with Crippen molar-refractivity contribution in [3.63, 3.8) is 0 Å². The number of hydrogen-bond acceptors (Lipinski definition) is 6. The van der Waals surface area contributed by atoms with Crippen LogP contribution in [0.1, 0.15) is 30.0 Å². The molecule has 7 nitrogen and oxygen atoms in total. The van der Waals surface area contributed by atoms with Crippen molar-refractivity contribution in [2.24, 2.45) is 13.0 Å². The topological polar surface area (TPSA) is 90.9 Å². The highest BCUT2D eigenvalue weighted by molar-refractivity contribution is 7.99. The van der Waals surface area contributed by atoms with E-state index in [-0.39, 0.29) is 17.2 Å². The highest BCUT2D eigenvalue weighted by atomic mass is 32.2. The monoisotopic (exact) mass is 334 g/mol. The molecule has 0 spiro atoms. The Labute approximate surface area is 138 Å². The molecule has 0 aliphatic heterocycles. The van der Waals surface area contributed by atoms with Crippen molar-refractivity contribution in [3.8, 4) is 0 Å². The fourth-order valence-corrected chi connectivity index (χ4v) is 2.82. The molecule has 0 fully saturated rings. The van der Waals surface area contributed by atoms with Crippen LogP contribution in [-0.4, -0.2) is 31.2 Å². The molecule has 0 atom stereocenters. The predicted molar refractivity (Wildman–Crippen MR) is 87.7 cm³/mol. The zero-order valence-electron chi connectivity index (χ0n) is 13.2. The van der Waals surface area contributed by atoms with Crippen LogP contribution < -0.4 is 0 Å². The van der Waals surface area contributed by atoms with E-state index in [1.54, 1.807) is 0 Å². The van der Waals surface area contributed by atoms with E-state index < -0.39 is 4.92 Å². The number of Topliss-reactive ketones (excluding diaryl/α,β-unsaturated/α-hetero) is 1. The fourth-order valence-electron chi connectivity index (χ4n) is 2.00. The number of rotatable bonds is 7. The highest BCUT2D eigenvalue weighted by Crippen LogP contribution is 2.19. The number of non-ortho nitro benzene ring substituents is 1. The van der Waals surface area contributed by atoms with E-state index in [0.29, 0.717) is 16.6 Å². The number of carbonyl (C=O) groups is 1. The maximum absolute atomic E-state index is 12.1. The number of hydrogen-bond donors (Lipinski definition) is 0. The minimum absolute atomic E-state index is 0.0270. The van der Waals surface area contributed by atoms with Gasteiger partial charge in [0.2, 0.25) is 0 Å². The molecular formula is C15H18N4O3S. The van der Waals surface area contributed by atoms with Crippen molar-refractivity contribution in [2.75, 3.05) is 5.75 Å². The predicted octanol–water partition coefficient (Wildman–Crippen LogP) is 2.90. The zero-order chi connectivity index (χ0) is 17.0. The number of carbonyl (C=O) groups excluding carboxylic acids is 1. The summed E-state index contributed by atoms with van der Waals surface area (Å²) in [5.74, 6) is 1.49. The number of nitrogens with zero attached hydrogens (tertiary/aromatic N) is 4. The van der Waals surface area contributed by atoms with E-state index in [1.807, 2.05) is 11.6 Å². The Morgan fingerprint density at radius 2 is 1.96 bits per heavy atom. The van der Waals surface area contributed by atoms with Crippen molar-refractivity contribution >= 4 is 23.2 Å². The Morgan fingerprint density at radius 3 is 2.52 bits per heavy atom. The lowest BCUT2D eigenvalue weighted by atomic mass is 10.1. The van der Waals surface area contributed by atoms with Gasteiger partial charge in [-0.2, -0.15) is 0 Å². The van der Waals surface area contributed by atoms with E-state index in [2.05, 4.69) is 24.0 Å². The van der Waals surface area contributed by atoms with Gasteiger partial charge in [0, 0.05) is 31.2 Å². The fraction of sp³-hybridized carbons (Fsp3) is 0.400. The van der Waals surface area contributed by atoms with Crippen molar-refractivity contribution in [2.45, 2.75) is 25.4 Å². The lowest BCUT2D eigenvalue weighted by Crippen LogP contribution is -2.06. The van der Waals surface area contributed by atoms with Crippen LogP contribution in [0.4, 0.5) is 5.69 Å². The number of aromatic nitrogens is 3. The summed E-state index contributed by atoms with van der Waals surface area (Å²) in [4.78, 5) is 22.3. The molecule has 0 radical (unpaired) electrons. The minimum atomic E-state index is -0.487. The normalized spacial score (nSPS) is 11.0. The molecule has 1 aromatic heterocycles. The molecule has 122 valence electrons. The van der Waals surface area contributed by atoms with Gasteiger partial charge in [-0.05, 0) is 18.1 Å². The van der Waals surface area contributed by atoms with Crippen molar-refractivity contribution in [1.29, 1.82) is 0 Å². The van der Waals surface area contributed by atoms with Crippen LogP contribution >= 0.6 is 11.8 Å². The third-order valence-corrected chi connectivity index (χ3v) is 4.27. The molecule has 0 aliphatic carbocycles. The number of nitro groups is 1. The summed E-state index contributed by atoms with van der Waals surface area (Å²) in [5, 5.41) is 19.5. The molecule has 0 bridgehead atoms. The molecule has 0 N–H and O–H groups in total. The molecule has 0 saturated heterocycles. The van der Waals surface area contributed by atoms with Crippen LogP contribution in [0.2, 0.25) is 0 Å². The van der Waals surface area contributed by atoms with Crippen molar-refractivity contribution < 1.29 is 9.72 Å². The van der Waals surface area contributed by atoms with Gasteiger partial charge in [0.15, 0.2) is 10.9 Å². The Morgan fingerprint density at radius 1 is 1.30 bits per heavy atom. The number of thioether (sulfide) groups is 1. The first-order chi connectivity index (χ1) is 10.9. The highest BCUT2D eigenvalue weighted by Gasteiger charge is 2.14. The first-order valence-electron chi connectivity index (χ1n) is 7.17. The van der Waals surface area contributed by atoms with Gasteiger partial charge in [-0.25, -0.2) is 0 Å². The van der Waals surface area contributed by atoms with Crippen LogP contribution in [0.5, 0.6) is 0 Å². The standard InChI is InChI=1S/C15H18N4O3S/c1-10(2)8-14-16-17-15(18(14)3)23-9-13(20)11-4-6-12(7-5-11)19(21)22/h4-7,10H,8-9H2,1-3H3. The second kappa shape index (κ2) is 7.36. The smallest absolute Gasteiger partial charge is 0.269 e. The molecule has 1 aromatic carbocycles. The van der Waals surface area contributed by atoms with E-state index >= 15 is 0 Å². The summed E-state index contributed by atoms with van der Waals surface area (Å²) < 4.78 is 1.90. The summed E-state index contributed by atoms with van der Waals surface area (Å²) in [6.07, 6.45) is 0.834. The first-order valence-corrected chi connectivity index (χ1v) is 8.15. The van der Waals surface area contributed by atoms with Gasteiger partial charge in [0.25, 0.3) is 5.69 Å². The molecular weight excluding hydrogens is 316 g/mol. The van der Waals surface area contributed by atoms with Crippen molar-refractivity contribution in [1.82, 2.24) is 14.8 Å². The summed E-state index contributed by atoms with van der Waals surface area (Å²) in [5.41, 5.74) is 0.425. The average Bonchev–Trinajstić information content (AvgIpc) is 2.85. The van der Waals surface area contributed by atoms with Crippen LogP contribution in [0, 0.1) is 16.0 Å². The Kier molecular flexibility index (Phi) is 5.49. The molecule has 2 rings (SSSR count). The molecule has 0 amide bonds. The SMILES string of the molecule is CC(C)Cc1nnc(SCC(=O)c2ccc([N+](=O)[O-])cc2)n1C. The summed E-state index contributed by atoms with van der Waals surface area (Å²) in [6, 6.07) is 5.62. The quantitative estimate of drug-likeness (QED) is 0.335. The van der Waals surface area contributed by atoms with Crippen LogP contribution in [0.25, 0.3) is 0 Å². The van der Waals surface area contributed by atoms with Gasteiger partial charge in [0.05, 0.1) is 10.7 Å². The summed E-state index contributed by atoms with van der Waals surface area (Å²) in [7, 11) is 1.89. The van der Waals surface area contributed by atoms with Gasteiger partial charge in [-0.3, -0.25) is 14.9 Å². The van der Waals surface area contributed by atoms with E-state index in [0.717, 1.165) is 12.2 Å². The van der Waals surface area contributed by atoms with Crippen LogP contribution in [-0.2, 0) is 13.5 Å². The Hall–Kier alpha value is -2.22. The Bertz CT molecular complexity index is 710. The third kappa shape index (κ3) is 4.38. The minimum Gasteiger partial charge on any atom is -0.309 e. The molecule has 23 heavy (non-hydrogen) atoms. The summed E-state index contributed by atoms with van der Waals surface area (Å²) in [6.45, 7) is 4.22. The number of benzene rings is 1. The molecule has 1 heterocycles. The molecule has 8 heteroatoms. The summed E-state index contributed by atoms with van der Waals surface area (Å²) >= 11 is 1.31. The lowest BCUT2D eigenvalue weighted by molar-refractivity contribution is -0.384. The third-order valence-electron chi connectivity index (χ3n) is 3.25. The second-order valence-corrected chi connectivity index (χ2v) is 6.51. The van der Waals surface area contributed by atoms with Gasteiger partial charge in [0.1, 0.15) is 5.82 Å². The van der Waals surface area contributed by atoms with Crippen LogP contribution in [0.3, 0.4) is 0 Å². The maximum Gasteiger partial charge on any atom is 0.269 e. The second-order valence-electron chi connectivity index (χ2n) is 5.57.